The molecule has 0 heterocycles. The molecule has 9 heavy (non-hydrogen) atoms. The van der Waals surface area contributed by atoms with Crippen LogP contribution in [-0.4, -0.2) is 12.6 Å². The first kappa shape index (κ1) is 8.94. The fourth-order valence-corrected chi connectivity index (χ4v) is 0.474. The maximum atomic E-state index is 10.7. The summed E-state index contributed by atoms with van der Waals surface area (Å²) in [5.74, 6) is -0.236. The molecular weight excluding hydrogens is 231 g/mol. The van der Waals surface area contributed by atoms with E-state index in [1.165, 1.54) is 0 Å². The molecule has 0 atom stereocenters. The summed E-state index contributed by atoms with van der Waals surface area (Å²) in [6.45, 7) is 4.04. The molecule has 0 aromatic heterocycles. The highest BCUT2D eigenvalue weighted by atomic mass is 127. The largest absolute Gasteiger partial charge is 0.462 e. The van der Waals surface area contributed by atoms with E-state index < -0.39 is 0 Å². The van der Waals surface area contributed by atoms with Crippen molar-refractivity contribution in [2.75, 3.05) is 6.61 Å². The summed E-state index contributed by atoms with van der Waals surface area (Å²) < 4.78 is 5.31. The van der Waals surface area contributed by atoms with Crippen molar-refractivity contribution in [3.05, 3.63) is 9.66 Å². The van der Waals surface area contributed by atoms with Crippen LogP contribution in [0.1, 0.15) is 13.8 Å². The minimum absolute atomic E-state index is 0.236. The van der Waals surface area contributed by atoms with Crippen LogP contribution >= 0.6 is 22.6 Å². The smallest absolute Gasteiger partial charge is 0.343 e. The minimum atomic E-state index is -0.236. The van der Waals surface area contributed by atoms with Crippen molar-refractivity contribution in [1.29, 1.82) is 0 Å². The Morgan fingerprint density at radius 2 is 2.33 bits per heavy atom. The van der Waals surface area contributed by atoms with E-state index in [0.29, 0.717) is 10.2 Å². The lowest BCUT2D eigenvalue weighted by Gasteiger charge is -1.97. The predicted octanol–water partition coefficient (Wildman–Crippen LogP) is 1.89. The van der Waals surface area contributed by atoms with Crippen molar-refractivity contribution in [2.45, 2.75) is 13.8 Å². The average Bonchev–Trinajstić information content (AvgIpc) is 1.87. The molecule has 0 aliphatic rings. The summed E-state index contributed by atoms with van der Waals surface area (Å²) in [7, 11) is 0. The summed E-state index contributed by atoms with van der Waals surface area (Å²) in [6, 6.07) is 0. The number of hydrogen-bond acceptors (Lipinski definition) is 2. The summed E-state index contributed by atoms with van der Waals surface area (Å²) in [4.78, 5) is 10.7. The third-order valence-electron chi connectivity index (χ3n) is 0.724. The quantitative estimate of drug-likeness (QED) is 0.418. The van der Waals surface area contributed by atoms with Gasteiger partial charge in [0.2, 0.25) is 0 Å². The number of carbonyl (C=O) groups excluding carboxylic acids is 1. The Kier molecular flexibility index (Phi) is 4.75. The van der Waals surface area contributed by atoms with Gasteiger partial charge in [-0.25, -0.2) is 4.79 Å². The van der Waals surface area contributed by atoms with E-state index in [4.69, 9.17) is 0 Å². The Hall–Kier alpha value is -0.0600. The molecule has 0 aromatic carbocycles. The Morgan fingerprint density at radius 1 is 1.78 bits per heavy atom. The zero-order chi connectivity index (χ0) is 7.28. The second-order valence-corrected chi connectivity index (χ2v) is 2.52. The van der Waals surface area contributed by atoms with Gasteiger partial charge in [-0.2, -0.15) is 0 Å². The Bertz CT molecular complexity index is 129. The van der Waals surface area contributed by atoms with Gasteiger partial charge in [-0.3, -0.25) is 0 Å². The van der Waals surface area contributed by atoms with E-state index in [-0.39, 0.29) is 5.97 Å². The fraction of sp³-hybridized carbons (Fsp3) is 0.500. The van der Waals surface area contributed by atoms with E-state index in [1.807, 2.05) is 22.6 Å². The first-order valence-electron chi connectivity index (χ1n) is 2.71. The number of hydrogen-bond donors (Lipinski definition) is 0. The Morgan fingerprint density at radius 3 is 2.67 bits per heavy atom. The molecule has 0 rings (SSSR count). The highest BCUT2D eigenvalue weighted by Gasteiger charge is 2.02. The second-order valence-electron chi connectivity index (χ2n) is 1.36. The lowest BCUT2D eigenvalue weighted by Crippen LogP contribution is -2.02. The standard InChI is InChI=1S/C6H9IO2/c1-3-5(7)6(8)9-4-2/h3H,4H2,1-2H3/b5-3+. The predicted molar refractivity (Wildman–Crippen MR) is 44.4 cm³/mol. The number of allylic oxidation sites excluding steroid dienone is 1. The van der Waals surface area contributed by atoms with Gasteiger partial charge in [-0.1, -0.05) is 6.08 Å². The average molecular weight is 240 g/mol. The highest BCUT2D eigenvalue weighted by Crippen LogP contribution is 2.06. The molecular formula is C6H9IO2. The lowest BCUT2D eigenvalue weighted by molar-refractivity contribution is -0.137. The second kappa shape index (κ2) is 4.78. The molecule has 0 saturated heterocycles. The van der Waals surface area contributed by atoms with E-state index in [0.717, 1.165) is 0 Å². The zero-order valence-corrected chi connectivity index (χ0v) is 7.64. The van der Waals surface area contributed by atoms with Crippen molar-refractivity contribution in [2.24, 2.45) is 0 Å². The highest BCUT2D eigenvalue weighted by molar-refractivity contribution is 14.1. The van der Waals surface area contributed by atoms with Gasteiger partial charge in [0.15, 0.2) is 0 Å². The van der Waals surface area contributed by atoms with E-state index in [2.05, 4.69) is 4.74 Å². The number of carbonyl (C=O) groups is 1. The molecule has 0 saturated carbocycles. The van der Waals surface area contributed by atoms with E-state index in [9.17, 15) is 4.79 Å². The van der Waals surface area contributed by atoms with Crippen LogP contribution in [0.5, 0.6) is 0 Å². The van der Waals surface area contributed by atoms with Gasteiger partial charge >= 0.3 is 5.97 Å². The van der Waals surface area contributed by atoms with Gasteiger partial charge in [-0.15, -0.1) is 0 Å². The molecule has 2 nitrogen and oxygen atoms in total. The van der Waals surface area contributed by atoms with Crippen LogP contribution in [0.2, 0.25) is 0 Å². The third-order valence-corrected chi connectivity index (χ3v) is 1.79. The Balaban J connectivity index is 3.74. The van der Waals surface area contributed by atoms with Crippen LogP contribution < -0.4 is 0 Å². The maximum absolute atomic E-state index is 10.7. The van der Waals surface area contributed by atoms with Crippen molar-refractivity contribution in [1.82, 2.24) is 0 Å². The number of rotatable bonds is 2. The first-order chi connectivity index (χ1) is 4.22. The fourth-order valence-electron chi connectivity index (χ4n) is 0.318. The number of esters is 1. The van der Waals surface area contributed by atoms with Crippen LogP contribution in [-0.2, 0) is 9.53 Å². The molecule has 0 aliphatic heterocycles. The SMILES string of the molecule is C/C=C(/I)C(=O)OCC. The number of halogens is 1. The molecule has 0 N–H and O–H groups in total. The molecule has 0 aromatic rings. The minimum Gasteiger partial charge on any atom is -0.462 e. The normalized spacial score (nSPS) is 11.2. The van der Waals surface area contributed by atoms with Crippen molar-refractivity contribution < 1.29 is 9.53 Å². The van der Waals surface area contributed by atoms with Crippen molar-refractivity contribution >= 4 is 28.6 Å². The molecule has 3 heteroatoms. The molecule has 0 bridgehead atoms. The van der Waals surface area contributed by atoms with Crippen molar-refractivity contribution in [3.63, 3.8) is 0 Å². The topological polar surface area (TPSA) is 26.3 Å². The van der Waals surface area contributed by atoms with Crippen LogP contribution in [0.15, 0.2) is 9.66 Å². The summed E-state index contributed by atoms with van der Waals surface area (Å²) in [5, 5.41) is 0. The maximum Gasteiger partial charge on any atom is 0.343 e. The monoisotopic (exact) mass is 240 g/mol. The summed E-state index contributed by atoms with van der Waals surface area (Å²) in [6.07, 6.45) is 1.72. The van der Waals surface area contributed by atoms with Gasteiger partial charge in [0.25, 0.3) is 0 Å². The number of ether oxygens (including phenoxy) is 1. The van der Waals surface area contributed by atoms with Gasteiger partial charge in [0, 0.05) is 0 Å². The Labute approximate surface area is 68.4 Å². The van der Waals surface area contributed by atoms with Gasteiger partial charge in [0.1, 0.15) is 0 Å². The molecule has 0 amide bonds. The molecule has 0 aliphatic carbocycles. The molecule has 0 radical (unpaired) electrons. The third kappa shape index (κ3) is 3.51. The zero-order valence-electron chi connectivity index (χ0n) is 5.48. The molecule has 0 fully saturated rings. The van der Waals surface area contributed by atoms with Gasteiger partial charge < -0.3 is 4.74 Å². The van der Waals surface area contributed by atoms with Crippen molar-refractivity contribution in [3.8, 4) is 0 Å². The molecule has 0 unspecified atom stereocenters. The van der Waals surface area contributed by atoms with Crippen LogP contribution in [0.25, 0.3) is 0 Å². The van der Waals surface area contributed by atoms with E-state index >= 15 is 0 Å². The first-order valence-corrected chi connectivity index (χ1v) is 3.79. The van der Waals surface area contributed by atoms with Gasteiger partial charge in [-0.05, 0) is 36.4 Å². The summed E-state index contributed by atoms with van der Waals surface area (Å²) in [5.41, 5.74) is 0. The molecule has 52 valence electrons. The van der Waals surface area contributed by atoms with E-state index in [1.54, 1.807) is 19.9 Å². The lowest BCUT2D eigenvalue weighted by atomic mass is 10.5. The van der Waals surface area contributed by atoms with Crippen LogP contribution in [0.4, 0.5) is 0 Å². The molecule has 0 spiro atoms. The summed E-state index contributed by atoms with van der Waals surface area (Å²) >= 11 is 1.94. The van der Waals surface area contributed by atoms with Crippen LogP contribution in [0, 0.1) is 0 Å². The van der Waals surface area contributed by atoms with Gasteiger partial charge in [0.05, 0.1) is 10.2 Å². The van der Waals surface area contributed by atoms with Crippen LogP contribution in [0.3, 0.4) is 0 Å².